The third kappa shape index (κ3) is 3.13. The summed E-state index contributed by atoms with van der Waals surface area (Å²) in [7, 11) is 0. The largest absolute Gasteiger partial charge is 0.441 e. The van der Waals surface area contributed by atoms with E-state index in [4.69, 9.17) is 4.74 Å². The first kappa shape index (κ1) is 15.5. The van der Waals surface area contributed by atoms with Crippen molar-refractivity contribution >= 4 is 6.09 Å². The topological polar surface area (TPSA) is 38.3 Å². The van der Waals surface area contributed by atoms with Crippen LogP contribution in [0.1, 0.15) is 34.8 Å². The fraction of sp³-hybridized carbons (Fsp3) is 0.136. The number of cyclic esters (lactones) is 1. The number of carbonyl (C=O) groups excluding carboxylic acids is 1. The Hall–Kier alpha value is -3.07. The minimum absolute atomic E-state index is 0.0105. The van der Waals surface area contributed by atoms with E-state index in [-0.39, 0.29) is 24.2 Å². The Morgan fingerprint density at radius 1 is 0.640 bits per heavy atom. The molecule has 3 aromatic carbocycles. The zero-order valence-electron chi connectivity index (χ0n) is 13.7. The number of alkyl carbamates (subject to hydrolysis) is 1. The van der Waals surface area contributed by atoms with Crippen LogP contribution in [-0.2, 0) is 4.74 Å². The number of nitrogens with one attached hydrogen (secondary N) is 1. The SMILES string of the molecule is O=C1NC(c2ccccc2)C(c2ccccc2)C(c2ccccc2)O1. The van der Waals surface area contributed by atoms with Gasteiger partial charge in [-0.25, -0.2) is 4.79 Å². The summed E-state index contributed by atoms with van der Waals surface area (Å²) < 4.78 is 5.74. The summed E-state index contributed by atoms with van der Waals surface area (Å²) in [5, 5.41) is 3.02. The lowest BCUT2D eigenvalue weighted by Gasteiger charge is -2.39. The highest BCUT2D eigenvalue weighted by molar-refractivity contribution is 5.70. The normalized spacial score (nSPS) is 22.7. The number of rotatable bonds is 3. The van der Waals surface area contributed by atoms with E-state index < -0.39 is 0 Å². The minimum Gasteiger partial charge on any atom is -0.441 e. The summed E-state index contributed by atoms with van der Waals surface area (Å²) in [6.07, 6.45) is -0.711. The average molecular weight is 329 g/mol. The molecule has 0 spiro atoms. The molecule has 25 heavy (non-hydrogen) atoms. The zero-order valence-corrected chi connectivity index (χ0v) is 13.7. The van der Waals surface area contributed by atoms with Crippen molar-refractivity contribution in [3.05, 3.63) is 108 Å². The smallest absolute Gasteiger partial charge is 0.408 e. The predicted octanol–water partition coefficient (Wildman–Crippen LogP) is 4.99. The molecule has 1 saturated heterocycles. The number of hydrogen-bond donors (Lipinski definition) is 1. The quantitative estimate of drug-likeness (QED) is 0.735. The fourth-order valence-electron chi connectivity index (χ4n) is 3.53. The van der Waals surface area contributed by atoms with E-state index in [1.165, 1.54) is 0 Å². The van der Waals surface area contributed by atoms with E-state index in [0.717, 1.165) is 16.7 Å². The summed E-state index contributed by atoms with van der Waals surface area (Å²) in [5.41, 5.74) is 3.23. The number of hydrogen-bond acceptors (Lipinski definition) is 2. The molecular weight excluding hydrogens is 310 g/mol. The molecule has 3 unspecified atom stereocenters. The molecule has 4 rings (SSSR count). The van der Waals surface area contributed by atoms with Crippen LogP contribution in [-0.4, -0.2) is 6.09 Å². The number of benzene rings is 3. The third-order valence-corrected chi connectivity index (χ3v) is 4.66. The summed E-state index contributed by atoms with van der Waals surface area (Å²) in [5.74, 6) is -0.0105. The van der Waals surface area contributed by atoms with Gasteiger partial charge in [-0.1, -0.05) is 91.0 Å². The molecule has 3 heteroatoms. The van der Waals surface area contributed by atoms with Crippen LogP contribution >= 0.6 is 0 Å². The van der Waals surface area contributed by atoms with Crippen molar-refractivity contribution in [1.29, 1.82) is 0 Å². The van der Waals surface area contributed by atoms with Gasteiger partial charge in [0, 0.05) is 0 Å². The van der Waals surface area contributed by atoms with Crippen LogP contribution in [0.2, 0.25) is 0 Å². The highest BCUT2D eigenvalue weighted by Gasteiger charge is 2.40. The molecular formula is C22H19NO2. The second kappa shape index (κ2) is 6.81. The molecule has 3 aromatic rings. The predicted molar refractivity (Wildman–Crippen MR) is 97.2 cm³/mol. The molecule has 1 N–H and O–H groups in total. The van der Waals surface area contributed by atoms with Crippen LogP contribution in [0.4, 0.5) is 4.79 Å². The van der Waals surface area contributed by atoms with Crippen molar-refractivity contribution in [3.8, 4) is 0 Å². The van der Waals surface area contributed by atoms with Gasteiger partial charge in [0.2, 0.25) is 0 Å². The van der Waals surface area contributed by atoms with Crippen molar-refractivity contribution in [2.75, 3.05) is 0 Å². The summed E-state index contributed by atoms with van der Waals surface area (Å²) >= 11 is 0. The number of carbonyl (C=O) groups is 1. The van der Waals surface area contributed by atoms with E-state index in [0.29, 0.717) is 0 Å². The minimum atomic E-state index is -0.380. The van der Waals surface area contributed by atoms with Gasteiger partial charge in [0.25, 0.3) is 0 Å². The Morgan fingerprint density at radius 3 is 1.68 bits per heavy atom. The highest BCUT2D eigenvalue weighted by atomic mass is 16.6. The van der Waals surface area contributed by atoms with Gasteiger partial charge in [0.15, 0.2) is 0 Å². The van der Waals surface area contributed by atoms with Crippen molar-refractivity contribution in [2.45, 2.75) is 18.1 Å². The third-order valence-electron chi connectivity index (χ3n) is 4.66. The number of amides is 1. The van der Waals surface area contributed by atoms with Crippen LogP contribution in [0.15, 0.2) is 91.0 Å². The first-order valence-corrected chi connectivity index (χ1v) is 8.45. The van der Waals surface area contributed by atoms with Gasteiger partial charge in [-0.15, -0.1) is 0 Å². The van der Waals surface area contributed by atoms with Gasteiger partial charge in [0.1, 0.15) is 6.10 Å². The molecule has 1 aliphatic heterocycles. The van der Waals surface area contributed by atoms with Gasteiger partial charge in [-0.05, 0) is 16.7 Å². The Bertz CT molecular complexity index is 782. The van der Waals surface area contributed by atoms with Crippen LogP contribution in [0.25, 0.3) is 0 Å². The van der Waals surface area contributed by atoms with Gasteiger partial charge < -0.3 is 10.1 Å². The van der Waals surface area contributed by atoms with E-state index in [1.807, 2.05) is 78.9 Å². The molecule has 3 nitrogen and oxygen atoms in total. The Morgan fingerprint density at radius 2 is 1.12 bits per heavy atom. The Labute approximate surface area is 147 Å². The van der Waals surface area contributed by atoms with Gasteiger partial charge >= 0.3 is 6.09 Å². The van der Waals surface area contributed by atoms with Crippen LogP contribution in [0.3, 0.4) is 0 Å². The second-order valence-corrected chi connectivity index (χ2v) is 6.21. The van der Waals surface area contributed by atoms with Crippen molar-refractivity contribution in [2.24, 2.45) is 0 Å². The molecule has 0 radical (unpaired) electrons. The van der Waals surface area contributed by atoms with Crippen LogP contribution in [0.5, 0.6) is 0 Å². The molecule has 1 heterocycles. The average Bonchev–Trinajstić information content (AvgIpc) is 2.69. The maximum atomic E-state index is 12.3. The maximum absolute atomic E-state index is 12.3. The molecule has 124 valence electrons. The summed E-state index contributed by atoms with van der Waals surface area (Å²) in [6.45, 7) is 0. The van der Waals surface area contributed by atoms with Crippen LogP contribution in [0, 0.1) is 0 Å². The van der Waals surface area contributed by atoms with Crippen molar-refractivity contribution < 1.29 is 9.53 Å². The monoisotopic (exact) mass is 329 g/mol. The molecule has 0 saturated carbocycles. The van der Waals surface area contributed by atoms with E-state index in [9.17, 15) is 4.79 Å². The van der Waals surface area contributed by atoms with E-state index >= 15 is 0 Å². The molecule has 1 fully saturated rings. The van der Waals surface area contributed by atoms with Gasteiger partial charge in [-0.2, -0.15) is 0 Å². The first-order chi connectivity index (χ1) is 12.3. The molecule has 1 amide bonds. The second-order valence-electron chi connectivity index (χ2n) is 6.21. The highest BCUT2D eigenvalue weighted by Crippen LogP contribution is 2.45. The molecule has 1 aliphatic rings. The maximum Gasteiger partial charge on any atom is 0.408 e. The van der Waals surface area contributed by atoms with Gasteiger partial charge in [-0.3, -0.25) is 0 Å². The summed E-state index contributed by atoms with van der Waals surface area (Å²) in [6, 6.07) is 30.1. The lowest BCUT2D eigenvalue weighted by molar-refractivity contribution is 0.0409. The fourth-order valence-corrected chi connectivity index (χ4v) is 3.53. The van der Waals surface area contributed by atoms with Crippen molar-refractivity contribution in [1.82, 2.24) is 5.32 Å². The molecule has 0 bridgehead atoms. The molecule has 0 aliphatic carbocycles. The van der Waals surface area contributed by atoms with Gasteiger partial charge in [0.05, 0.1) is 12.0 Å². The first-order valence-electron chi connectivity index (χ1n) is 8.45. The Balaban J connectivity index is 1.83. The van der Waals surface area contributed by atoms with E-state index in [2.05, 4.69) is 17.4 Å². The van der Waals surface area contributed by atoms with E-state index in [1.54, 1.807) is 0 Å². The molecule has 3 atom stereocenters. The zero-order chi connectivity index (χ0) is 17.1. The number of ether oxygens (including phenoxy) is 1. The van der Waals surface area contributed by atoms with Crippen LogP contribution < -0.4 is 5.32 Å². The lowest BCUT2D eigenvalue weighted by Crippen LogP contribution is -2.42. The molecule has 0 aromatic heterocycles. The Kier molecular flexibility index (Phi) is 4.21. The van der Waals surface area contributed by atoms with Crippen molar-refractivity contribution in [3.63, 3.8) is 0 Å². The lowest BCUT2D eigenvalue weighted by atomic mass is 9.79. The standard InChI is InChI=1S/C22H19NO2/c24-22-23-20(17-12-6-2-7-13-17)19(16-10-4-1-5-11-16)21(25-22)18-14-8-3-9-15-18/h1-15,19-21H,(H,23,24). The summed E-state index contributed by atoms with van der Waals surface area (Å²) in [4.78, 5) is 12.3.